The first kappa shape index (κ1) is 15.8. The Kier molecular flexibility index (Phi) is 6.05. The average Bonchev–Trinajstić information content (AvgIpc) is 2.54. The number of hydrogen-bond acceptors (Lipinski definition) is 2. The normalized spacial score (nSPS) is 17.7. The number of piperidine rings is 1. The van der Waals surface area contributed by atoms with Crippen LogP contribution in [-0.4, -0.2) is 49.1 Å². The third-order valence-corrected chi connectivity index (χ3v) is 3.97. The van der Waals surface area contributed by atoms with Crippen molar-refractivity contribution in [1.29, 1.82) is 0 Å². The fraction of sp³-hybridized carbons (Fsp3) is 0.588. The molecule has 4 nitrogen and oxygen atoms in total. The van der Waals surface area contributed by atoms with Crippen LogP contribution in [-0.2, 0) is 6.54 Å². The standard InChI is InChI=1S/C17H28N4/c1-15(18-2)19-17(21-12-8-5-9-13-21)20(3)14-16-10-6-4-7-11-16/h4,6-7,10-11,15,18H,5,8-9,12-14H2,1-3H3/b19-17+. The third-order valence-electron chi connectivity index (χ3n) is 3.97. The highest BCUT2D eigenvalue weighted by atomic mass is 15.4. The van der Waals surface area contributed by atoms with Gasteiger partial charge in [-0.25, -0.2) is 4.99 Å². The van der Waals surface area contributed by atoms with E-state index in [1.807, 2.05) is 7.05 Å². The summed E-state index contributed by atoms with van der Waals surface area (Å²) in [4.78, 5) is 9.58. The highest BCUT2D eigenvalue weighted by Gasteiger charge is 2.19. The van der Waals surface area contributed by atoms with Crippen LogP contribution in [0.25, 0.3) is 0 Å². The Morgan fingerprint density at radius 1 is 1.24 bits per heavy atom. The molecule has 0 radical (unpaired) electrons. The van der Waals surface area contributed by atoms with Crippen LogP contribution in [0.1, 0.15) is 31.7 Å². The summed E-state index contributed by atoms with van der Waals surface area (Å²) >= 11 is 0. The van der Waals surface area contributed by atoms with Gasteiger partial charge >= 0.3 is 0 Å². The van der Waals surface area contributed by atoms with Gasteiger partial charge in [-0.05, 0) is 38.8 Å². The van der Waals surface area contributed by atoms with Crippen LogP contribution in [0.3, 0.4) is 0 Å². The Balaban J connectivity index is 2.11. The van der Waals surface area contributed by atoms with Crippen LogP contribution >= 0.6 is 0 Å². The zero-order valence-electron chi connectivity index (χ0n) is 13.5. The van der Waals surface area contributed by atoms with E-state index in [-0.39, 0.29) is 6.17 Å². The molecule has 1 aromatic rings. The monoisotopic (exact) mass is 288 g/mol. The molecule has 0 bridgehead atoms. The maximum Gasteiger partial charge on any atom is 0.198 e. The second-order valence-corrected chi connectivity index (χ2v) is 5.78. The quantitative estimate of drug-likeness (QED) is 0.682. The number of likely N-dealkylation sites (tertiary alicyclic amines) is 1. The largest absolute Gasteiger partial charge is 0.343 e. The molecule has 21 heavy (non-hydrogen) atoms. The average molecular weight is 288 g/mol. The second kappa shape index (κ2) is 8.03. The Hall–Kier alpha value is -1.55. The molecule has 1 fully saturated rings. The summed E-state index contributed by atoms with van der Waals surface area (Å²) in [5, 5.41) is 3.21. The van der Waals surface area contributed by atoms with Gasteiger partial charge in [0.2, 0.25) is 0 Å². The molecule has 1 heterocycles. The van der Waals surface area contributed by atoms with E-state index in [2.05, 4.69) is 59.4 Å². The number of guanidine groups is 1. The first-order chi connectivity index (χ1) is 10.2. The number of nitrogens with one attached hydrogen (secondary N) is 1. The van der Waals surface area contributed by atoms with Gasteiger partial charge in [-0.15, -0.1) is 0 Å². The van der Waals surface area contributed by atoms with E-state index < -0.39 is 0 Å². The summed E-state index contributed by atoms with van der Waals surface area (Å²) in [6, 6.07) is 10.6. The first-order valence-electron chi connectivity index (χ1n) is 7.96. The zero-order valence-corrected chi connectivity index (χ0v) is 13.5. The summed E-state index contributed by atoms with van der Waals surface area (Å²) in [7, 11) is 4.10. The molecule has 0 aliphatic carbocycles. The van der Waals surface area contributed by atoms with Crippen molar-refractivity contribution in [3.05, 3.63) is 35.9 Å². The van der Waals surface area contributed by atoms with Crippen molar-refractivity contribution in [2.24, 2.45) is 4.99 Å². The van der Waals surface area contributed by atoms with Crippen molar-refractivity contribution in [2.45, 2.75) is 38.9 Å². The SMILES string of the molecule is CNC(C)/N=C(\N(C)Cc1ccccc1)N1CCCCC1. The van der Waals surface area contributed by atoms with Gasteiger partial charge in [-0.1, -0.05) is 30.3 Å². The molecule has 0 amide bonds. The van der Waals surface area contributed by atoms with Crippen molar-refractivity contribution >= 4 is 5.96 Å². The molecule has 1 unspecified atom stereocenters. The Labute approximate surface area is 128 Å². The molecule has 2 rings (SSSR count). The van der Waals surface area contributed by atoms with E-state index in [0.29, 0.717) is 0 Å². The summed E-state index contributed by atoms with van der Waals surface area (Å²) in [5.41, 5.74) is 1.32. The Morgan fingerprint density at radius 2 is 1.90 bits per heavy atom. The van der Waals surface area contributed by atoms with E-state index >= 15 is 0 Å². The minimum absolute atomic E-state index is 0.139. The lowest BCUT2D eigenvalue weighted by atomic mass is 10.1. The molecule has 116 valence electrons. The molecular formula is C17H28N4. The highest BCUT2D eigenvalue weighted by molar-refractivity contribution is 5.80. The van der Waals surface area contributed by atoms with E-state index in [9.17, 15) is 0 Å². The van der Waals surface area contributed by atoms with Gasteiger partial charge in [-0.2, -0.15) is 0 Å². The molecule has 0 spiro atoms. The molecule has 1 aliphatic rings. The molecule has 1 saturated heterocycles. The lowest BCUT2D eigenvalue weighted by Crippen LogP contribution is -2.46. The van der Waals surface area contributed by atoms with Crippen LogP contribution < -0.4 is 5.32 Å². The molecule has 1 N–H and O–H groups in total. The second-order valence-electron chi connectivity index (χ2n) is 5.78. The lowest BCUT2D eigenvalue weighted by molar-refractivity contribution is 0.291. The number of benzene rings is 1. The van der Waals surface area contributed by atoms with E-state index in [1.165, 1.54) is 24.8 Å². The number of aliphatic imine (C=N–C) groups is 1. The lowest BCUT2D eigenvalue weighted by Gasteiger charge is -2.35. The molecule has 1 aromatic carbocycles. The molecule has 1 aliphatic heterocycles. The van der Waals surface area contributed by atoms with Gasteiger partial charge in [0.25, 0.3) is 0 Å². The fourth-order valence-corrected chi connectivity index (χ4v) is 2.68. The molecule has 0 aromatic heterocycles. The van der Waals surface area contributed by atoms with Gasteiger partial charge in [0.15, 0.2) is 5.96 Å². The van der Waals surface area contributed by atoms with Crippen molar-refractivity contribution in [1.82, 2.24) is 15.1 Å². The first-order valence-corrected chi connectivity index (χ1v) is 7.96. The minimum Gasteiger partial charge on any atom is -0.343 e. The van der Waals surface area contributed by atoms with Gasteiger partial charge in [0.05, 0.1) is 0 Å². The Morgan fingerprint density at radius 3 is 2.52 bits per heavy atom. The minimum atomic E-state index is 0.139. The maximum absolute atomic E-state index is 4.87. The van der Waals surface area contributed by atoms with Gasteiger partial charge in [0, 0.05) is 26.7 Å². The van der Waals surface area contributed by atoms with Crippen LogP contribution in [0.2, 0.25) is 0 Å². The summed E-state index contributed by atoms with van der Waals surface area (Å²) < 4.78 is 0. The number of nitrogens with zero attached hydrogens (tertiary/aromatic N) is 3. The maximum atomic E-state index is 4.87. The molecule has 4 heteroatoms. The van der Waals surface area contributed by atoms with Gasteiger partial charge < -0.3 is 9.80 Å². The van der Waals surface area contributed by atoms with E-state index in [4.69, 9.17) is 4.99 Å². The topological polar surface area (TPSA) is 30.9 Å². The van der Waals surface area contributed by atoms with Crippen molar-refractivity contribution in [2.75, 3.05) is 27.2 Å². The fourth-order valence-electron chi connectivity index (χ4n) is 2.68. The predicted molar refractivity (Wildman–Crippen MR) is 89.3 cm³/mol. The number of rotatable bonds is 4. The van der Waals surface area contributed by atoms with Gasteiger partial charge in [0.1, 0.15) is 6.17 Å². The van der Waals surface area contributed by atoms with Crippen LogP contribution in [0.4, 0.5) is 0 Å². The molecule has 1 atom stereocenters. The molecule has 0 saturated carbocycles. The van der Waals surface area contributed by atoms with Crippen LogP contribution in [0.15, 0.2) is 35.3 Å². The van der Waals surface area contributed by atoms with Crippen molar-refractivity contribution < 1.29 is 0 Å². The van der Waals surface area contributed by atoms with Crippen molar-refractivity contribution in [3.8, 4) is 0 Å². The smallest absolute Gasteiger partial charge is 0.198 e. The van der Waals surface area contributed by atoms with Crippen LogP contribution in [0, 0.1) is 0 Å². The zero-order chi connectivity index (χ0) is 15.1. The Bertz CT molecular complexity index is 437. The predicted octanol–water partition coefficient (Wildman–Crippen LogP) is 2.53. The third kappa shape index (κ3) is 4.74. The van der Waals surface area contributed by atoms with E-state index in [0.717, 1.165) is 25.6 Å². The highest BCUT2D eigenvalue weighted by Crippen LogP contribution is 2.13. The van der Waals surface area contributed by atoms with E-state index in [1.54, 1.807) is 0 Å². The van der Waals surface area contributed by atoms with Gasteiger partial charge in [-0.3, -0.25) is 5.32 Å². The molecular weight excluding hydrogens is 260 g/mol. The summed E-state index contributed by atoms with van der Waals surface area (Å²) in [6.07, 6.45) is 4.02. The van der Waals surface area contributed by atoms with Crippen molar-refractivity contribution in [3.63, 3.8) is 0 Å². The van der Waals surface area contributed by atoms with Crippen LogP contribution in [0.5, 0.6) is 0 Å². The number of hydrogen-bond donors (Lipinski definition) is 1. The summed E-state index contributed by atoms with van der Waals surface area (Å²) in [5.74, 6) is 1.11. The summed E-state index contributed by atoms with van der Waals surface area (Å²) in [6.45, 7) is 5.23.